The molecule has 2 bridgehead atoms. The fourth-order valence-electron chi connectivity index (χ4n) is 7.25. The van der Waals surface area contributed by atoms with Crippen LogP contribution in [0.3, 0.4) is 0 Å². The maximum absolute atomic E-state index is 13.0. The number of nitrogens with zero attached hydrogens (tertiary/aromatic N) is 3. The van der Waals surface area contributed by atoms with Gasteiger partial charge in [-0.3, -0.25) is 14.5 Å². The molecule has 2 amide bonds. The molecule has 4 fully saturated rings. The number of benzene rings is 4. The van der Waals surface area contributed by atoms with E-state index in [4.69, 9.17) is 11.6 Å². The minimum absolute atomic E-state index is 0.0271. The molecular formula is C37H37ClN4O4S. The molecule has 3 heterocycles. The van der Waals surface area contributed by atoms with E-state index >= 15 is 0 Å². The van der Waals surface area contributed by atoms with Crippen LogP contribution >= 0.6 is 11.6 Å². The van der Waals surface area contributed by atoms with Gasteiger partial charge in [-0.25, -0.2) is 13.1 Å². The van der Waals surface area contributed by atoms with Crippen LogP contribution in [0.15, 0.2) is 102 Å². The van der Waals surface area contributed by atoms with Crippen LogP contribution in [0.2, 0.25) is 5.02 Å². The minimum atomic E-state index is -4.09. The normalized spacial score (nSPS) is 21.3. The summed E-state index contributed by atoms with van der Waals surface area (Å²) in [6.07, 6.45) is 1.83. The topological polar surface area (TPSA) is 90.0 Å². The third-order valence-electron chi connectivity index (χ3n) is 9.80. The quantitative estimate of drug-likeness (QED) is 0.240. The molecule has 1 saturated carbocycles. The highest BCUT2D eigenvalue weighted by atomic mass is 35.5. The molecule has 8 rings (SSSR count). The zero-order chi connectivity index (χ0) is 32.8. The molecule has 3 saturated heterocycles. The number of fused-ring (bicyclic) bond motifs is 2. The van der Waals surface area contributed by atoms with Crippen molar-refractivity contribution in [3.05, 3.63) is 113 Å². The van der Waals surface area contributed by atoms with Gasteiger partial charge in [0.25, 0.3) is 15.9 Å². The first-order valence-electron chi connectivity index (χ1n) is 16.0. The van der Waals surface area contributed by atoms with Crippen LogP contribution in [0.1, 0.15) is 35.7 Å². The summed E-state index contributed by atoms with van der Waals surface area (Å²) >= 11 is 6.10. The smallest absolute Gasteiger partial charge is 0.264 e. The largest absolute Gasteiger partial charge is 0.369 e. The SMILES string of the molecule is CC12CC(CN(c3ccc(S(=O)(=O)NC(=O)c4ccc(N5CCN(Cc6ccccc6-c6ccc(Cl)cc6)CC5)cc4)cc3)C1=O)C2. The predicted octanol–water partition coefficient (Wildman–Crippen LogP) is 6.21. The highest BCUT2D eigenvalue weighted by Crippen LogP contribution is 2.51. The van der Waals surface area contributed by atoms with E-state index in [2.05, 4.69) is 50.9 Å². The molecule has 47 heavy (non-hydrogen) atoms. The number of sulfonamides is 1. The Morgan fingerprint density at radius 3 is 2.17 bits per heavy atom. The molecule has 1 aliphatic carbocycles. The molecule has 4 aromatic carbocycles. The maximum atomic E-state index is 13.0. The second-order valence-corrected chi connectivity index (χ2v) is 15.3. The van der Waals surface area contributed by atoms with Gasteiger partial charge in [0.05, 0.1) is 4.90 Å². The first-order chi connectivity index (χ1) is 22.6. The monoisotopic (exact) mass is 668 g/mol. The van der Waals surface area contributed by atoms with E-state index in [-0.39, 0.29) is 21.8 Å². The van der Waals surface area contributed by atoms with Crippen LogP contribution in [0, 0.1) is 11.3 Å². The molecule has 1 N–H and O–H groups in total. The molecular weight excluding hydrogens is 632 g/mol. The third-order valence-corrected chi connectivity index (χ3v) is 11.4. The van der Waals surface area contributed by atoms with E-state index in [1.807, 2.05) is 31.2 Å². The molecule has 0 aromatic heterocycles. The van der Waals surface area contributed by atoms with Gasteiger partial charge in [-0.1, -0.05) is 54.9 Å². The second-order valence-electron chi connectivity index (χ2n) is 13.2. The molecule has 3 aliphatic heterocycles. The van der Waals surface area contributed by atoms with Gasteiger partial charge in [0.15, 0.2) is 0 Å². The minimum Gasteiger partial charge on any atom is -0.369 e. The van der Waals surface area contributed by atoms with Crippen LogP contribution in [0.5, 0.6) is 0 Å². The lowest BCUT2D eigenvalue weighted by Crippen LogP contribution is -2.59. The number of rotatable bonds is 8. The van der Waals surface area contributed by atoms with E-state index in [0.29, 0.717) is 18.2 Å². The molecule has 0 radical (unpaired) electrons. The fourth-order valence-corrected chi connectivity index (χ4v) is 8.35. The third kappa shape index (κ3) is 6.40. The Labute approximate surface area is 281 Å². The summed E-state index contributed by atoms with van der Waals surface area (Å²) in [5, 5.41) is 0.723. The lowest BCUT2D eigenvalue weighted by atomic mass is 9.59. The van der Waals surface area contributed by atoms with Crippen molar-refractivity contribution in [2.45, 2.75) is 31.2 Å². The number of hydrogen-bond acceptors (Lipinski definition) is 6. The molecule has 8 nitrogen and oxygen atoms in total. The Kier molecular flexibility index (Phi) is 8.32. The number of nitrogens with one attached hydrogen (secondary N) is 1. The van der Waals surface area contributed by atoms with Crippen molar-refractivity contribution in [1.82, 2.24) is 9.62 Å². The summed E-state index contributed by atoms with van der Waals surface area (Å²) in [4.78, 5) is 32.3. The molecule has 10 heteroatoms. The van der Waals surface area contributed by atoms with E-state index < -0.39 is 15.9 Å². The highest BCUT2D eigenvalue weighted by Gasteiger charge is 2.53. The lowest BCUT2D eigenvalue weighted by Gasteiger charge is -2.53. The first kappa shape index (κ1) is 31.4. The second kappa shape index (κ2) is 12.4. The summed E-state index contributed by atoms with van der Waals surface area (Å²) < 4.78 is 28.3. The molecule has 0 unspecified atom stereocenters. The van der Waals surface area contributed by atoms with Crippen molar-refractivity contribution in [1.29, 1.82) is 0 Å². The van der Waals surface area contributed by atoms with E-state index in [1.54, 1.807) is 29.2 Å². The summed E-state index contributed by atoms with van der Waals surface area (Å²) in [5.74, 6) is -0.111. The standard InChI is InChI=1S/C37H37ClN4O4S/c1-37-22-26(23-37)24-42(36(37)44)32-14-16-33(17-15-32)47(45,46)39-35(43)28-8-12-31(13-9-28)41-20-18-40(19-21-41)25-29-4-2-3-5-34(29)27-6-10-30(38)11-7-27/h2-17,26H,18-25H2,1H3,(H,39,43). The number of amides is 2. The summed E-state index contributed by atoms with van der Waals surface area (Å²) in [7, 11) is -4.09. The molecule has 4 aromatic rings. The van der Waals surface area contributed by atoms with E-state index in [1.165, 1.54) is 23.3 Å². The van der Waals surface area contributed by atoms with Gasteiger partial charge in [0, 0.05) is 66.6 Å². The van der Waals surface area contributed by atoms with Crippen molar-refractivity contribution in [3.8, 4) is 11.1 Å². The van der Waals surface area contributed by atoms with E-state index in [0.717, 1.165) is 61.8 Å². The number of anilines is 2. The predicted molar refractivity (Wildman–Crippen MR) is 185 cm³/mol. The number of piperazine rings is 1. The Morgan fingerprint density at radius 1 is 0.851 bits per heavy atom. The molecule has 0 spiro atoms. The summed E-state index contributed by atoms with van der Waals surface area (Å²) in [6, 6.07) is 29.6. The maximum Gasteiger partial charge on any atom is 0.264 e. The summed E-state index contributed by atoms with van der Waals surface area (Å²) in [5.41, 5.74) is 5.24. The van der Waals surface area contributed by atoms with Crippen LogP contribution < -0.4 is 14.5 Å². The van der Waals surface area contributed by atoms with Crippen molar-refractivity contribution < 1.29 is 18.0 Å². The fraction of sp³-hybridized carbons (Fsp3) is 0.297. The van der Waals surface area contributed by atoms with Gasteiger partial charge in [-0.2, -0.15) is 0 Å². The number of halogens is 1. The molecule has 0 atom stereocenters. The van der Waals surface area contributed by atoms with Crippen LogP contribution in [0.4, 0.5) is 11.4 Å². The van der Waals surface area contributed by atoms with Crippen LogP contribution in [0.25, 0.3) is 11.1 Å². The average molecular weight is 669 g/mol. The van der Waals surface area contributed by atoms with Crippen molar-refractivity contribution in [3.63, 3.8) is 0 Å². The van der Waals surface area contributed by atoms with Crippen LogP contribution in [-0.2, 0) is 21.4 Å². The van der Waals surface area contributed by atoms with Gasteiger partial charge in [-0.05, 0) is 96.1 Å². The molecule has 242 valence electrons. The lowest BCUT2D eigenvalue weighted by molar-refractivity contribution is -0.139. The van der Waals surface area contributed by atoms with Gasteiger partial charge < -0.3 is 9.80 Å². The zero-order valence-electron chi connectivity index (χ0n) is 26.2. The number of carbonyl (C=O) groups excluding carboxylic acids is 2. The van der Waals surface area contributed by atoms with Gasteiger partial charge in [-0.15, -0.1) is 0 Å². The van der Waals surface area contributed by atoms with Gasteiger partial charge in [0.2, 0.25) is 5.91 Å². The van der Waals surface area contributed by atoms with E-state index in [9.17, 15) is 18.0 Å². The Hall–Kier alpha value is -4.18. The highest BCUT2D eigenvalue weighted by molar-refractivity contribution is 7.90. The van der Waals surface area contributed by atoms with Gasteiger partial charge >= 0.3 is 0 Å². The Balaban J connectivity index is 0.937. The van der Waals surface area contributed by atoms with Crippen molar-refractivity contribution in [2.75, 3.05) is 42.5 Å². The van der Waals surface area contributed by atoms with Crippen LogP contribution in [-0.4, -0.2) is 57.9 Å². The Bertz CT molecular complexity index is 1900. The number of piperidine rings is 2. The molecule has 4 aliphatic rings. The number of carbonyl (C=O) groups is 2. The zero-order valence-corrected chi connectivity index (χ0v) is 27.8. The first-order valence-corrected chi connectivity index (χ1v) is 17.8. The summed E-state index contributed by atoms with van der Waals surface area (Å²) in [6.45, 7) is 6.94. The van der Waals surface area contributed by atoms with Crippen molar-refractivity contribution in [2.24, 2.45) is 11.3 Å². The Morgan fingerprint density at radius 2 is 1.49 bits per heavy atom. The average Bonchev–Trinajstić information content (AvgIpc) is 3.06. The van der Waals surface area contributed by atoms with Gasteiger partial charge in [0.1, 0.15) is 0 Å². The van der Waals surface area contributed by atoms with Crippen molar-refractivity contribution >= 4 is 44.8 Å². The number of hydrogen-bond donors (Lipinski definition) is 1.